The molecule has 15 heavy (non-hydrogen) atoms. The minimum Gasteiger partial charge on any atom is -0.421 e. The summed E-state index contributed by atoms with van der Waals surface area (Å²) in [4.78, 5) is 0. The van der Waals surface area contributed by atoms with Crippen LogP contribution in [0.1, 0.15) is 12.8 Å². The normalized spacial score (nSPS) is 10.5. The van der Waals surface area contributed by atoms with Crippen molar-refractivity contribution >= 4 is 5.69 Å². The first kappa shape index (κ1) is 9.64. The highest BCUT2D eigenvalue weighted by molar-refractivity contribution is 5.59. The van der Waals surface area contributed by atoms with Gasteiger partial charge in [0.15, 0.2) is 0 Å². The fourth-order valence-electron chi connectivity index (χ4n) is 1.25. The molecule has 0 unspecified atom stereocenters. The molecule has 0 amide bonds. The van der Waals surface area contributed by atoms with E-state index in [1.165, 1.54) is 12.1 Å². The standard InChI is InChI=1S/C10H10FN3O/c1-2-9-13-14-10(15-9)6-3-7(11)5-8(12)4-6/h3-5H,2,12H2,1H3. The van der Waals surface area contributed by atoms with E-state index >= 15 is 0 Å². The van der Waals surface area contributed by atoms with E-state index in [1.54, 1.807) is 6.07 Å². The molecule has 1 heterocycles. The predicted octanol–water partition coefficient (Wildman–Crippen LogP) is 2.02. The molecule has 0 atom stereocenters. The van der Waals surface area contributed by atoms with Gasteiger partial charge in [0.05, 0.1) is 0 Å². The molecule has 0 saturated heterocycles. The molecule has 0 aliphatic carbocycles. The lowest BCUT2D eigenvalue weighted by Crippen LogP contribution is -1.88. The van der Waals surface area contributed by atoms with Crippen molar-refractivity contribution < 1.29 is 8.81 Å². The van der Waals surface area contributed by atoms with Crippen LogP contribution in [-0.2, 0) is 6.42 Å². The van der Waals surface area contributed by atoms with E-state index in [1.807, 2.05) is 6.92 Å². The average molecular weight is 207 g/mol. The second-order valence-corrected chi connectivity index (χ2v) is 3.13. The third kappa shape index (κ3) is 1.96. The van der Waals surface area contributed by atoms with Crippen LogP contribution in [0.25, 0.3) is 11.5 Å². The Hall–Kier alpha value is -1.91. The molecular weight excluding hydrogens is 197 g/mol. The fourth-order valence-corrected chi connectivity index (χ4v) is 1.25. The number of benzene rings is 1. The fraction of sp³-hybridized carbons (Fsp3) is 0.200. The summed E-state index contributed by atoms with van der Waals surface area (Å²) in [7, 11) is 0. The van der Waals surface area contributed by atoms with Gasteiger partial charge in [0.25, 0.3) is 0 Å². The van der Waals surface area contributed by atoms with Crippen LogP contribution in [0.4, 0.5) is 10.1 Å². The summed E-state index contributed by atoms with van der Waals surface area (Å²) >= 11 is 0. The second-order valence-electron chi connectivity index (χ2n) is 3.13. The van der Waals surface area contributed by atoms with Crippen LogP contribution in [0.15, 0.2) is 22.6 Å². The van der Waals surface area contributed by atoms with Crippen molar-refractivity contribution in [3.8, 4) is 11.5 Å². The zero-order valence-corrected chi connectivity index (χ0v) is 8.20. The third-order valence-electron chi connectivity index (χ3n) is 1.94. The summed E-state index contributed by atoms with van der Waals surface area (Å²) in [6, 6.07) is 4.14. The van der Waals surface area contributed by atoms with Crippen LogP contribution in [0.3, 0.4) is 0 Å². The topological polar surface area (TPSA) is 64.9 Å². The Labute approximate surface area is 85.9 Å². The molecule has 2 rings (SSSR count). The van der Waals surface area contributed by atoms with E-state index in [0.29, 0.717) is 23.6 Å². The van der Waals surface area contributed by atoms with Gasteiger partial charge in [-0.15, -0.1) is 10.2 Å². The van der Waals surface area contributed by atoms with Crippen LogP contribution >= 0.6 is 0 Å². The number of nitrogen functional groups attached to an aromatic ring is 1. The third-order valence-corrected chi connectivity index (χ3v) is 1.94. The lowest BCUT2D eigenvalue weighted by Gasteiger charge is -1.97. The number of aromatic nitrogens is 2. The number of hydrogen-bond acceptors (Lipinski definition) is 4. The van der Waals surface area contributed by atoms with Crippen molar-refractivity contribution in [2.24, 2.45) is 0 Å². The highest BCUT2D eigenvalue weighted by Crippen LogP contribution is 2.21. The number of anilines is 1. The zero-order chi connectivity index (χ0) is 10.8. The number of nitrogens with zero attached hydrogens (tertiary/aromatic N) is 2. The van der Waals surface area contributed by atoms with Gasteiger partial charge in [-0.2, -0.15) is 0 Å². The van der Waals surface area contributed by atoms with E-state index in [2.05, 4.69) is 10.2 Å². The zero-order valence-electron chi connectivity index (χ0n) is 8.20. The molecule has 2 aromatic rings. The van der Waals surface area contributed by atoms with Crippen molar-refractivity contribution in [1.29, 1.82) is 0 Å². The maximum absolute atomic E-state index is 13.0. The molecule has 0 bridgehead atoms. The average Bonchev–Trinajstić information content (AvgIpc) is 2.64. The minimum atomic E-state index is -0.416. The smallest absolute Gasteiger partial charge is 0.247 e. The SMILES string of the molecule is CCc1nnc(-c2cc(N)cc(F)c2)o1. The number of hydrogen-bond donors (Lipinski definition) is 1. The number of halogens is 1. The van der Waals surface area contributed by atoms with E-state index in [0.717, 1.165) is 0 Å². The van der Waals surface area contributed by atoms with Gasteiger partial charge in [-0.3, -0.25) is 0 Å². The number of rotatable bonds is 2. The molecule has 5 heteroatoms. The van der Waals surface area contributed by atoms with E-state index in [-0.39, 0.29) is 5.89 Å². The van der Waals surface area contributed by atoms with Crippen LogP contribution < -0.4 is 5.73 Å². The Morgan fingerprint density at radius 3 is 2.73 bits per heavy atom. The van der Waals surface area contributed by atoms with Crippen LogP contribution in [0, 0.1) is 5.82 Å². The Morgan fingerprint density at radius 2 is 2.13 bits per heavy atom. The first-order chi connectivity index (χ1) is 7.19. The summed E-state index contributed by atoms with van der Waals surface area (Å²) in [6.45, 7) is 1.90. The van der Waals surface area contributed by atoms with Crippen LogP contribution in [0.5, 0.6) is 0 Å². The Bertz CT molecular complexity index is 461. The number of nitrogens with two attached hydrogens (primary N) is 1. The Morgan fingerprint density at radius 1 is 1.33 bits per heavy atom. The first-order valence-corrected chi connectivity index (χ1v) is 4.58. The van der Waals surface area contributed by atoms with Gasteiger partial charge in [0, 0.05) is 17.7 Å². The predicted molar refractivity (Wildman–Crippen MR) is 53.5 cm³/mol. The maximum Gasteiger partial charge on any atom is 0.247 e. The van der Waals surface area contributed by atoms with Gasteiger partial charge in [0.1, 0.15) is 5.82 Å². The van der Waals surface area contributed by atoms with E-state index < -0.39 is 5.82 Å². The number of aryl methyl sites for hydroxylation is 1. The lowest BCUT2D eigenvalue weighted by atomic mass is 10.2. The van der Waals surface area contributed by atoms with Crippen LogP contribution in [0.2, 0.25) is 0 Å². The summed E-state index contributed by atoms with van der Waals surface area (Å²) in [5, 5.41) is 7.59. The van der Waals surface area contributed by atoms with Crippen molar-refractivity contribution in [1.82, 2.24) is 10.2 Å². The van der Waals surface area contributed by atoms with Crippen molar-refractivity contribution in [2.45, 2.75) is 13.3 Å². The van der Waals surface area contributed by atoms with Crippen molar-refractivity contribution in [3.05, 3.63) is 29.9 Å². The van der Waals surface area contributed by atoms with Crippen LogP contribution in [-0.4, -0.2) is 10.2 Å². The molecule has 0 spiro atoms. The summed E-state index contributed by atoms with van der Waals surface area (Å²) in [6.07, 6.45) is 0.651. The molecule has 4 nitrogen and oxygen atoms in total. The van der Waals surface area contributed by atoms with Gasteiger partial charge in [-0.25, -0.2) is 4.39 Å². The molecule has 0 aliphatic rings. The second kappa shape index (κ2) is 3.68. The molecule has 0 fully saturated rings. The van der Waals surface area contributed by atoms with E-state index in [9.17, 15) is 4.39 Å². The van der Waals surface area contributed by atoms with Gasteiger partial charge >= 0.3 is 0 Å². The first-order valence-electron chi connectivity index (χ1n) is 4.58. The maximum atomic E-state index is 13.0. The molecule has 0 radical (unpaired) electrons. The van der Waals surface area contributed by atoms with Gasteiger partial charge in [0.2, 0.25) is 11.8 Å². The summed E-state index contributed by atoms with van der Waals surface area (Å²) in [5.74, 6) is 0.395. The lowest BCUT2D eigenvalue weighted by molar-refractivity contribution is 0.512. The molecule has 1 aromatic heterocycles. The molecule has 78 valence electrons. The molecular formula is C10H10FN3O. The van der Waals surface area contributed by atoms with Gasteiger partial charge in [-0.05, 0) is 18.2 Å². The largest absolute Gasteiger partial charge is 0.421 e. The highest BCUT2D eigenvalue weighted by atomic mass is 19.1. The Balaban J connectivity index is 2.44. The highest BCUT2D eigenvalue weighted by Gasteiger charge is 2.08. The van der Waals surface area contributed by atoms with Gasteiger partial charge < -0.3 is 10.2 Å². The Kier molecular flexibility index (Phi) is 2.37. The molecule has 0 aliphatic heterocycles. The summed E-state index contributed by atoms with van der Waals surface area (Å²) < 4.78 is 18.3. The molecule has 0 saturated carbocycles. The van der Waals surface area contributed by atoms with Gasteiger partial charge in [-0.1, -0.05) is 6.92 Å². The molecule has 2 N–H and O–H groups in total. The van der Waals surface area contributed by atoms with Crippen molar-refractivity contribution in [2.75, 3.05) is 5.73 Å². The van der Waals surface area contributed by atoms with E-state index in [4.69, 9.17) is 10.2 Å². The molecule has 1 aromatic carbocycles. The van der Waals surface area contributed by atoms with Crippen molar-refractivity contribution in [3.63, 3.8) is 0 Å². The monoisotopic (exact) mass is 207 g/mol. The minimum absolute atomic E-state index is 0.290. The summed E-state index contributed by atoms with van der Waals surface area (Å²) in [5.41, 5.74) is 6.34. The quantitative estimate of drug-likeness (QED) is 0.765.